The molecule has 0 unspecified atom stereocenters. The molecular weight excluding hydrogens is 445 g/mol. The van der Waals surface area contributed by atoms with E-state index in [2.05, 4.69) is 17.2 Å². The minimum absolute atomic E-state index is 0.131. The van der Waals surface area contributed by atoms with E-state index in [1.54, 1.807) is 12.1 Å². The zero-order valence-corrected chi connectivity index (χ0v) is 19.9. The lowest BCUT2D eigenvalue weighted by Crippen LogP contribution is -2.41. The molecule has 1 amide bonds. The Balaban J connectivity index is 1.35. The van der Waals surface area contributed by atoms with Gasteiger partial charge in [0.05, 0.1) is 40.6 Å². The summed E-state index contributed by atoms with van der Waals surface area (Å²) in [7, 11) is 0. The Labute approximate surface area is 198 Å². The minimum Gasteiger partial charge on any atom is -0.373 e. The van der Waals surface area contributed by atoms with Crippen LogP contribution in [0.5, 0.6) is 0 Å². The molecule has 7 heteroatoms. The minimum atomic E-state index is 0.131. The topological polar surface area (TPSA) is 47.4 Å². The smallest absolute Gasteiger partial charge is 0.227 e. The third-order valence-electron chi connectivity index (χ3n) is 6.04. The van der Waals surface area contributed by atoms with Gasteiger partial charge in [0, 0.05) is 24.3 Å². The Bertz CT molecular complexity index is 1090. The fourth-order valence-electron chi connectivity index (χ4n) is 4.12. The molecule has 5 nitrogen and oxygen atoms in total. The van der Waals surface area contributed by atoms with Crippen molar-refractivity contribution in [3.63, 3.8) is 0 Å². The van der Waals surface area contributed by atoms with Crippen LogP contribution in [0.3, 0.4) is 0 Å². The predicted molar refractivity (Wildman–Crippen MR) is 128 cm³/mol. The Hall–Kier alpha value is -2.34. The van der Waals surface area contributed by atoms with Crippen LogP contribution in [0.15, 0.2) is 48.5 Å². The number of aromatic nitrogens is 2. The summed E-state index contributed by atoms with van der Waals surface area (Å²) < 4.78 is 7.88. The highest BCUT2D eigenvalue weighted by atomic mass is 35.5. The number of rotatable bonds is 6. The van der Waals surface area contributed by atoms with Crippen LogP contribution in [0.1, 0.15) is 35.4 Å². The summed E-state index contributed by atoms with van der Waals surface area (Å²) in [6.07, 6.45) is 2.26. The third kappa shape index (κ3) is 5.17. The van der Waals surface area contributed by atoms with Crippen molar-refractivity contribution < 1.29 is 9.53 Å². The summed E-state index contributed by atoms with van der Waals surface area (Å²) in [5.74, 6) is 0.131. The van der Waals surface area contributed by atoms with Crippen molar-refractivity contribution in [3.8, 4) is 5.69 Å². The lowest BCUT2D eigenvalue weighted by molar-refractivity contribution is -0.133. The van der Waals surface area contributed by atoms with E-state index >= 15 is 0 Å². The van der Waals surface area contributed by atoms with Crippen molar-refractivity contribution in [2.75, 3.05) is 13.1 Å². The monoisotopic (exact) mass is 471 g/mol. The van der Waals surface area contributed by atoms with E-state index in [1.165, 1.54) is 5.56 Å². The molecule has 0 N–H and O–H groups in total. The quantitative estimate of drug-likeness (QED) is 0.473. The lowest BCUT2D eigenvalue weighted by Gasteiger charge is -2.32. The van der Waals surface area contributed by atoms with E-state index in [-0.39, 0.29) is 12.0 Å². The highest BCUT2D eigenvalue weighted by Crippen LogP contribution is 2.27. The molecule has 0 spiro atoms. The largest absolute Gasteiger partial charge is 0.373 e. The first-order chi connectivity index (χ1) is 15.4. The fraction of sp³-hybridized carbons (Fsp3) is 0.360. The third-order valence-corrected chi connectivity index (χ3v) is 6.78. The van der Waals surface area contributed by atoms with Gasteiger partial charge in [0.2, 0.25) is 5.91 Å². The lowest BCUT2D eigenvalue weighted by atomic mass is 10.0. The molecule has 32 heavy (non-hydrogen) atoms. The Kier molecular flexibility index (Phi) is 7.19. The van der Waals surface area contributed by atoms with Crippen molar-refractivity contribution in [2.45, 2.75) is 45.8 Å². The van der Waals surface area contributed by atoms with E-state index in [4.69, 9.17) is 27.9 Å². The Morgan fingerprint density at radius 1 is 1.06 bits per heavy atom. The molecule has 0 atom stereocenters. The molecule has 1 aliphatic rings. The van der Waals surface area contributed by atoms with Gasteiger partial charge in [-0.25, -0.2) is 4.68 Å². The van der Waals surface area contributed by atoms with Gasteiger partial charge in [-0.2, -0.15) is 5.10 Å². The van der Waals surface area contributed by atoms with Gasteiger partial charge in [-0.15, -0.1) is 0 Å². The highest BCUT2D eigenvalue weighted by Gasteiger charge is 2.25. The van der Waals surface area contributed by atoms with E-state index in [0.29, 0.717) is 23.1 Å². The molecule has 4 rings (SSSR count). The number of nitrogens with zero attached hydrogens (tertiary/aromatic N) is 3. The zero-order valence-electron chi connectivity index (χ0n) is 18.4. The number of hydrogen-bond acceptors (Lipinski definition) is 3. The van der Waals surface area contributed by atoms with Crippen LogP contribution in [0, 0.1) is 13.8 Å². The second-order valence-electron chi connectivity index (χ2n) is 8.21. The molecule has 0 bridgehead atoms. The number of aryl methyl sites for hydroxylation is 1. The molecule has 1 aromatic heterocycles. The summed E-state index contributed by atoms with van der Waals surface area (Å²) in [5.41, 5.74) is 4.76. The first-order valence-corrected chi connectivity index (χ1v) is 11.6. The van der Waals surface area contributed by atoms with Crippen LogP contribution in [0.2, 0.25) is 10.0 Å². The number of hydrogen-bond donors (Lipinski definition) is 0. The van der Waals surface area contributed by atoms with E-state index in [1.807, 2.05) is 47.7 Å². The van der Waals surface area contributed by atoms with Gasteiger partial charge in [-0.1, -0.05) is 53.5 Å². The van der Waals surface area contributed by atoms with Gasteiger partial charge < -0.3 is 9.64 Å². The van der Waals surface area contributed by atoms with Crippen molar-refractivity contribution >= 4 is 29.1 Å². The van der Waals surface area contributed by atoms with Crippen molar-refractivity contribution in [3.05, 3.63) is 81.1 Å². The highest BCUT2D eigenvalue weighted by molar-refractivity contribution is 6.42. The van der Waals surface area contributed by atoms with Crippen LogP contribution >= 0.6 is 23.2 Å². The Morgan fingerprint density at radius 3 is 2.47 bits per heavy atom. The molecule has 1 fully saturated rings. The molecule has 2 aromatic carbocycles. The number of carbonyl (C=O) groups excluding carboxylic acids is 1. The number of benzene rings is 2. The summed E-state index contributed by atoms with van der Waals surface area (Å²) >= 11 is 12.2. The second kappa shape index (κ2) is 10.1. The SMILES string of the molecule is Cc1nn(-c2ccc(Cl)c(Cl)c2)c(C)c1CC(=O)N1CCC(OCc2ccccc2)CC1. The average Bonchev–Trinajstić information content (AvgIpc) is 3.09. The summed E-state index contributed by atoms with van der Waals surface area (Å²) in [6.45, 7) is 5.97. The normalized spacial score (nSPS) is 14.7. The molecule has 1 aliphatic heterocycles. The van der Waals surface area contributed by atoms with Gasteiger partial charge in [0.25, 0.3) is 0 Å². The molecular formula is C25H27Cl2N3O2. The van der Waals surface area contributed by atoms with Gasteiger partial charge >= 0.3 is 0 Å². The van der Waals surface area contributed by atoms with Gasteiger partial charge in [0.15, 0.2) is 0 Å². The van der Waals surface area contributed by atoms with Crippen LogP contribution in [-0.4, -0.2) is 39.8 Å². The number of amides is 1. The summed E-state index contributed by atoms with van der Waals surface area (Å²) in [5, 5.41) is 5.62. The Morgan fingerprint density at radius 2 is 1.78 bits per heavy atom. The number of piperidine rings is 1. The molecule has 0 aliphatic carbocycles. The van der Waals surface area contributed by atoms with Gasteiger partial charge in [-0.3, -0.25) is 4.79 Å². The second-order valence-corrected chi connectivity index (χ2v) is 9.03. The van der Waals surface area contributed by atoms with Crippen LogP contribution in [0.25, 0.3) is 5.69 Å². The maximum absolute atomic E-state index is 13.0. The van der Waals surface area contributed by atoms with Gasteiger partial charge in [-0.05, 0) is 50.5 Å². The first kappa shape index (κ1) is 22.8. The first-order valence-electron chi connectivity index (χ1n) is 10.9. The molecule has 0 radical (unpaired) electrons. The predicted octanol–water partition coefficient (Wildman–Crippen LogP) is 5.55. The molecule has 168 valence electrons. The van der Waals surface area contributed by atoms with Crippen LogP contribution in [-0.2, 0) is 22.6 Å². The molecule has 2 heterocycles. The molecule has 0 saturated carbocycles. The number of ether oxygens (including phenoxy) is 1. The van der Waals surface area contributed by atoms with Crippen LogP contribution < -0.4 is 0 Å². The number of halogens is 2. The van der Waals surface area contributed by atoms with Crippen LogP contribution in [0.4, 0.5) is 0 Å². The number of likely N-dealkylation sites (tertiary alicyclic amines) is 1. The molecule has 3 aromatic rings. The average molecular weight is 472 g/mol. The summed E-state index contributed by atoms with van der Waals surface area (Å²) in [4.78, 5) is 15.0. The van der Waals surface area contributed by atoms with Gasteiger partial charge in [0.1, 0.15) is 0 Å². The standard InChI is InChI=1S/C25H27Cl2N3O2/c1-17-22(18(2)30(28-17)20-8-9-23(26)24(27)14-20)15-25(31)29-12-10-21(11-13-29)32-16-19-6-4-3-5-7-19/h3-9,14,21H,10-13,15-16H2,1-2H3. The van der Waals surface area contributed by atoms with Crippen molar-refractivity contribution in [2.24, 2.45) is 0 Å². The van der Waals surface area contributed by atoms with E-state index in [0.717, 1.165) is 48.6 Å². The zero-order chi connectivity index (χ0) is 22.7. The molecule has 1 saturated heterocycles. The van der Waals surface area contributed by atoms with E-state index in [9.17, 15) is 4.79 Å². The van der Waals surface area contributed by atoms with E-state index < -0.39 is 0 Å². The summed E-state index contributed by atoms with van der Waals surface area (Å²) in [6, 6.07) is 15.6. The van der Waals surface area contributed by atoms with Crippen molar-refractivity contribution in [1.82, 2.24) is 14.7 Å². The maximum atomic E-state index is 13.0. The van der Waals surface area contributed by atoms with Crippen molar-refractivity contribution in [1.29, 1.82) is 0 Å². The maximum Gasteiger partial charge on any atom is 0.227 e. The fourth-order valence-corrected chi connectivity index (χ4v) is 4.41. The number of carbonyl (C=O) groups is 1.